The first-order valence-corrected chi connectivity index (χ1v) is 6.81. The summed E-state index contributed by atoms with van der Waals surface area (Å²) in [4.78, 5) is 2.36. The van der Waals surface area contributed by atoms with Crippen molar-refractivity contribution in [1.29, 1.82) is 0 Å². The van der Waals surface area contributed by atoms with Crippen LogP contribution in [0.15, 0.2) is 0 Å². The summed E-state index contributed by atoms with van der Waals surface area (Å²) >= 11 is 0. The summed E-state index contributed by atoms with van der Waals surface area (Å²) < 4.78 is 5.61. The second kappa shape index (κ2) is 10.1. The minimum absolute atomic E-state index is 0.595. The molecule has 0 radical (unpaired) electrons. The van der Waals surface area contributed by atoms with Crippen molar-refractivity contribution in [2.45, 2.75) is 47.1 Å². The van der Waals surface area contributed by atoms with Gasteiger partial charge in [-0.3, -0.25) is 4.90 Å². The Hall–Kier alpha value is -0.120. The molecule has 1 heterocycles. The average molecular weight is 230 g/mol. The molecule has 1 aliphatic rings. The molecule has 3 nitrogen and oxygen atoms in total. The van der Waals surface area contributed by atoms with Crippen molar-refractivity contribution in [1.82, 2.24) is 10.2 Å². The Morgan fingerprint density at radius 1 is 1.31 bits per heavy atom. The molecular formula is C13H30N2O. The lowest BCUT2D eigenvalue weighted by Crippen LogP contribution is -2.43. The zero-order chi connectivity index (χ0) is 12.4. The summed E-state index contributed by atoms with van der Waals surface area (Å²) in [6.45, 7) is 15.7. The molecule has 1 rings (SSSR count). The van der Waals surface area contributed by atoms with Gasteiger partial charge in [0, 0.05) is 12.6 Å². The van der Waals surface area contributed by atoms with Crippen LogP contribution >= 0.6 is 0 Å². The molecule has 0 aromatic heterocycles. The summed E-state index contributed by atoms with van der Waals surface area (Å²) in [5.74, 6) is 0.623. The second-order valence-corrected chi connectivity index (χ2v) is 4.21. The maximum Gasteiger partial charge on any atom is 0.0990 e. The van der Waals surface area contributed by atoms with E-state index >= 15 is 0 Å². The predicted octanol–water partition coefficient (Wildman–Crippen LogP) is 2.33. The van der Waals surface area contributed by atoms with E-state index in [1.165, 1.54) is 6.42 Å². The number of hydrogen-bond donors (Lipinski definition) is 1. The molecule has 98 valence electrons. The van der Waals surface area contributed by atoms with Crippen LogP contribution in [0.25, 0.3) is 0 Å². The van der Waals surface area contributed by atoms with E-state index in [0.29, 0.717) is 12.0 Å². The Kier molecular flexibility index (Phi) is 9.99. The molecule has 1 N–H and O–H groups in total. The predicted molar refractivity (Wildman–Crippen MR) is 70.7 cm³/mol. The van der Waals surface area contributed by atoms with Crippen molar-refractivity contribution in [3.8, 4) is 0 Å². The Morgan fingerprint density at radius 3 is 2.56 bits per heavy atom. The number of hydrogen-bond acceptors (Lipinski definition) is 3. The van der Waals surface area contributed by atoms with E-state index in [0.717, 1.165) is 33.0 Å². The van der Waals surface area contributed by atoms with Crippen LogP contribution in [0.4, 0.5) is 0 Å². The number of nitrogens with one attached hydrogen (secondary N) is 1. The van der Waals surface area contributed by atoms with Gasteiger partial charge in [0.1, 0.15) is 0 Å². The lowest BCUT2D eigenvalue weighted by Gasteiger charge is -2.25. The van der Waals surface area contributed by atoms with E-state index in [9.17, 15) is 0 Å². The monoisotopic (exact) mass is 230 g/mol. The standard InChI is InChI=1S/C11H24N2O.C2H6/c1-4-6-12-11-7-13(5-2)9-14-8-10(11)3;1-2/h10-12H,4-9H2,1-3H3;1-2H3. The van der Waals surface area contributed by atoms with Crippen molar-refractivity contribution < 1.29 is 4.74 Å². The molecule has 1 saturated heterocycles. The van der Waals surface area contributed by atoms with E-state index in [4.69, 9.17) is 4.74 Å². The molecule has 0 spiro atoms. The van der Waals surface area contributed by atoms with Gasteiger partial charge < -0.3 is 10.1 Å². The molecule has 0 aromatic carbocycles. The fourth-order valence-corrected chi connectivity index (χ4v) is 1.81. The fourth-order valence-electron chi connectivity index (χ4n) is 1.81. The van der Waals surface area contributed by atoms with E-state index in [1.54, 1.807) is 0 Å². The van der Waals surface area contributed by atoms with Gasteiger partial charge in [0.05, 0.1) is 13.3 Å². The molecule has 0 saturated carbocycles. The second-order valence-electron chi connectivity index (χ2n) is 4.21. The van der Waals surface area contributed by atoms with Gasteiger partial charge in [0.15, 0.2) is 0 Å². The van der Waals surface area contributed by atoms with E-state index < -0.39 is 0 Å². The molecule has 3 heteroatoms. The van der Waals surface area contributed by atoms with Gasteiger partial charge in [-0.1, -0.05) is 34.6 Å². The van der Waals surface area contributed by atoms with Gasteiger partial charge in [-0.2, -0.15) is 0 Å². The van der Waals surface area contributed by atoms with Gasteiger partial charge in [0.2, 0.25) is 0 Å². The third kappa shape index (κ3) is 5.83. The minimum atomic E-state index is 0.595. The molecule has 2 atom stereocenters. The van der Waals surface area contributed by atoms with Gasteiger partial charge in [-0.25, -0.2) is 0 Å². The Balaban J connectivity index is 0.00000106. The first-order chi connectivity index (χ1) is 7.77. The van der Waals surface area contributed by atoms with Crippen molar-refractivity contribution in [3.63, 3.8) is 0 Å². The molecule has 16 heavy (non-hydrogen) atoms. The number of likely N-dealkylation sites (N-methyl/N-ethyl adjacent to an activating group) is 1. The van der Waals surface area contributed by atoms with Crippen LogP contribution in [0, 0.1) is 5.92 Å². The topological polar surface area (TPSA) is 24.5 Å². The Bertz CT molecular complexity index is 153. The molecule has 1 fully saturated rings. The molecule has 2 unspecified atom stereocenters. The molecular weight excluding hydrogens is 200 g/mol. The normalized spacial score (nSPS) is 26.8. The summed E-state index contributed by atoms with van der Waals surface area (Å²) in [6.07, 6.45) is 1.20. The highest BCUT2D eigenvalue weighted by molar-refractivity contribution is 4.78. The largest absolute Gasteiger partial charge is 0.366 e. The highest BCUT2D eigenvalue weighted by Gasteiger charge is 2.22. The van der Waals surface area contributed by atoms with Crippen molar-refractivity contribution in [2.75, 3.05) is 33.0 Å². The van der Waals surface area contributed by atoms with Gasteiger partial charge in [-0.15, -0.1) is 0 Å². The van der Waals surface area contributed by atoms with Gasteiger partial charge in [0.25, 0.3) is 0 Å². The lowest BCUT2D eigenvalue weighted by atomic mass is 10.0. The molecule has 0 bridgehead atoms. The third-order valence-electron chi connectivity index (χ3n) is 2.90. The SMILES string of the molecule is CC.CCCNC1CN(CC)COCC1C. The van der Waals surface area contributed by atoms with Crippen molar-refractivity contribution in [2.24, 2.45) is 5.92 Å². The zero-order valence-electron chi connectivity index (χ0n) is 11.8. The quantitative estimate of drug-likeness (QED) is 0.802. The summed E-state index contributed by atoms with van der Waals surface area (Å²) in [6, 6.07) is 0.595. The highest BCUT2D eigenvalue weighted by Crippen LogP contribution is 2.10. The highest BCUT2D eigenvalue weighted by atomic mass is 16.5. The van der Waals surface area contributed by atoms with Crippen LogP contribution in [0.1, 0.15) is 41.0 Å². The Morgan fingerprint density at radius 2 is 2.00 bits per heavy atom. The first kappa shape index (κ1) is 15.9. The van der Waals surface area contributed by atoms with E-state index in [1.807, 2.05) is 13.8 Å². The summed E-state index contributed by atoms with van der Waals surface area (Å²) in [7, 11) is 0. The average Bonchev–Trinajstić information content (AvgIpc) is 2.51. The van der Waals surface area contributed by atoms with Crippen LogP contribution in [0.3, 0.4) is 0 Å². The van der Waals surface area contributed by atoms with Crippen LogP contribution in [-0.2, 0) is 4.74 Å². The number of ether oxygens (including phenoxy) is 1. The van der Waals surface area contributed by atoms with Crippen LogP contribution in [0.5, 0.6) is 0 Å². The van der Waals surface area contributed by atoms with E-state index in [2.05, 4.69) is 31.0 Å². The maximum absolute atomic E-state index is 5.61. The number of rotatable bonds is 4. The van der Waals surface area contributed by atoms with Crippen LogP contribution in [0.2, 0.25) is 0 Å². The first-order valence-electron chi connectivity index (χ1n) is 6.81. The summed E-state index contributed by atoms with van der Waals surface area (Å²) in [5, 5.41) is 3.60. The number of nitrogens with zero attached hydrogens (tertiary/aromatic N) is 1. The Labute approximate surface area is 102 Å². The molecule has 0 aromatic rings. The van der Waals surface area contributed by atoms with Gasteiger partial charge >= 0.3 is 0 Å². The molecule has 1 aliphatic heterocycles. The van der Waals surface area contributed by atoms with Gasteiger partial charge in [-0.05, 0) is 25.4 Å². The maximum atomic E-state index is 5.61. The van der Waals surface area contributed by atoms with Crippen LogP contribution < -0.4 is 5.32 Å². The van der Waals surface area contributed by atoms with Crippen molar-refractivity contribution >= 4 is 0 Å². The van der Waals surface area contributed by atoms with Crippen molar-refractivity contribution in [3.05, 3.63) is 0 Å². The van der Waals surface area contributed by atoms with E-state index in [-0.39, 0.29) is 0 Å². The van der Waals surface area contributed by atoms with Crippen LogP contribution in [-0.4, -0.2) is 43.9 Å². The smallest absolute Gasteiger partial charge is 0.0990 e. The molecule has 0 aliphatic carbocycles. The third-order valence-corrected chi connectivity index (χ3v) is 2.90. The lowest BCUT2D eigenvalue weighted by molar-refractivity contribution is 0.0444. The summed E-state index contributed by atoms with van der Waals surface area (Å²) in [5.41, 5.74) is 0. The molecule has 0 amide bonds. The zero-order valence-corrected chi connectivity index (χ0v) is 11.8. The fraction of sp³-hybridized carbons (Fsp3) is 1.00. The minimum Gasteiger partial charge on any atom is -0.366 e.